The SMILES string of the molecule is CCCOc1c(Cl)cc(C(=O)NC(CC(F)F)C(=O)O)cc1OC. The third-order valence-corrected chi connectivity index (χ3v) is 3.24. The second-order valence-electron chi connectivity index (χ2n) is 4.83. The van der Waals surface area contributed by atoms with Crippen molar-refractivity contribution < 1.29 is 33.0 Å². The van der Waals surface area contributed by atoms with Crippen LogP contribution in [-0.2, 0) is 4.79 Å². The number of hydrogen-bond acceptors (Lipinski definition) is 4. The van der Waals surface area contributed by atoms with E-state index in [1.54, 1.807) is 0 Å². The summed E-state index contributed by atoms with van der Waals surface area (Å²) >= 11 is 6.06. The summed E-state index contributed by atoms with van der Waals surface area (Å²) in [7, 11) is 1.35. The van der Waals surface area contributed by atoms with E-state index in [9.17, 15) is 18.4 Å². The van der Waals surface area contributed by atoms with Crippen LogP contribution >= 0.6 is 11.6 Å². The van der Waals surface area contributed by atoms with Crippen LogP contribution < -0.4 is 14.8 Å². The first-order chi connectivity index (χ1) is 11.3. The Balaban J connectivity index is 3.02. The predicted octanol–water partition coefficient (Wildman–Crippen LogP) is 2.98. The van der Waals surface area contributed by atoms with Gasteiger partial charge in [0.1, 0.15) is 6.04 Å². The number of carbonyl (C=O) groups excluding carboxylic acids is 1. The number of amides is 1. The Morgan fingerprint density at radius 3 is 2.54 bits per heavy atom. The minimum atomic E-state index is -2.87. The van der Waals surface area contributed by atoms with E-state index < -0.39 is 30.8 Å². The van der Waals surface area contributed by atoms with Gasteiger partial charge in [-0.05, 0) is 18.6 Å². The van der Waals surface area contributed by atoms with E-state index in [1.165, 1.54) is 19.2 Å². The van der Waals surface area contributed by atoms with E-state index in [-0.39, 0.29) is 22.1 Å². The summed E-state index contributed by atoms with van der Waals surface area (Å²) in [6.45, 7) is 2.29. The van der Waals surface area contributed by atoms with Crippen molar-refractivity contribution in [1.82, 2.24) is 5.32 Å². The maximum absolute atomic E-state index is 12.4. The van der Waals surface area contributed by atoms with Crippen LogP contribution in [0.1, 0.15) is 30.1 Å². The Morgan fingerprint density at radius 2 is 2.04 bits per heavy atom. The van der Waals surface area contributed by atoms with Crippen molar-refractivity contribution in [2.75, 3.05) is 13.7 Å². The summed E-state index contributed by atoms with van der Waals surface area (Å²) in [6.07, 6.45) is -3.13. The number of nitrogens with one attached hydrogen (secondary N) is 1. The molecule has 0 aliphatic heterocycles. The minimum Gasteiger partial charge on any atom is -0.493 e. The summed E-state index contributed by atoms with van der Waals surface area (Å²) in [5, 5.41) is 11.0. The lowest BCUT2D eigenvalue weighted by atomic mass is 10.1. The molecule has 1 unspecified atom stereocenters. The number of carboxylic acid groups (broad SMARTS) is 1. The number of carbonyl (C=O) groups is 2. The molecule has 0 spiro atoms. The van der Waals surface area contributed by atoms with Gasteiger partial charge in [-0.2, -0.15) is 0 Å². The average Bonchev–Trinajstić information content (AvgIpc) is 2.51. The van der Waals surface area contributed by atoms with E-state index in [1.807, 2.05) is 12.2 Å². The van der Waals surface area contributed by atoms with Gasteiger partial charge in [-0.1, -0.05) is 18.5 Å². The summed E-state index contributed by atoms with van der Waals surface area (Å²) in [4.78, 5) is 23.1. The lowest BCUT2D eigenvalue weighted by Crippen LogP contribution is -2.42. The quantitative estimate of drug-likeness (QED) is 0.702. The number of aliphatic carboxylic acids is 1. The number of carboxylic acids is 1. The highest BCUT2D eigenvalue weighted by atomic mass is 35.5. The van der Waals surface area contributed by atoms with Gasteiger partial charge in [-0.15, -0.1) is 0 Å². The predicted molar refractivity (Wildman–Crippen MR) is 83.3 cm³/mol. The highest BCUT2D eigenvalue weighted by Gasteiger charge is 2.25. The molecule has 9 heteroatoms. The van der Waals surface area contributed by atoms with Crippen molar-refractivity contribution in [2.45, 2.75) is 32.2 Å². The molecule has 1 aromatic carbocycles. The van der Waals surface area contributed by atoms with Crippen LogP contribution in [0, 0.1) is 0 Å². The molecule has 134 valence electrons. The minimum absolute atomic E-state index is 0.0267. The molecule has 24 heavy (non-hydrogen) atoms. The molecule has 0 bridgehead atoms. The third kappa shape index (κ3) is 5.52. The molecule has 6 nitrogen and oxygen atoms in total. The molecule has 0 aromatic heterocycles. The molecule has 0 aliphatic rings. The average molecular weight is 366 g/mol. The van der Waals surface area contributed by atoms with Gasteiger partial charge in [0.2, 0.25) is 6.43 Å². The van der Waals surface area contributed by atoms with Gasteiger partial charge in [0.25, 0.3) is 5.91 Å². The maximum atomic E-state index is 12.4. The fourth-order valence-corrected chi connectivity index (χ4v) is 2.10. The molecule has 2 N–H and O–H groups in total. The van der Waals surface area contributed by atoms with E-state index in [2.05, 4.69) is 0 Å². The fraction of sp³-hybridized carbons (Fsp3) is 0.467. The zero-order valence-corrected chi connectivity index (χ0v) is 13.9. The van der Waals surface area contributed by atoms with Crippen molar-refractivity contribution in [2.24, 2.45) is 0 Å². The van der Waals surface area contributed by atoms with Crippen LogP contribution in [0.2, 0.25) is 5.02 Å². The van der Waals surface area contributed by atoms with Gasteiger partial charge in [-0.25, -0.2) is 13.6 Å². The largest absolute Gasteiger partial charge is 0.493 e. The van der Waals surface area contributed by atoms with Crippen LogP contribution in [0.5, 0.6) is 11.5 Å². The lowest BCUT2D eigenvalue weighted by molar-refractivity contribution is -0.140. The van der Waals surface area contributed by atoms with Gasteiger partial charge in [0.15, 0.2) is 11.5 Å². The first-order valence-corrected chi connectivity index (χ1v) is 7.50. The van der Waals surface area contributed by atoms with Gasteiger partial charge < -0.3 is 19.9 Å². The number of rotatable bonds is 9. The van der Waals surface area contributed by atoms with Gasteiger partial charge in [0, 0.05) is 12.0 Å². The van der Waals surface area contributed by atoms with Gasteiger partial charge in [-0.3, -0.25) is 4.79 Å². The number of benzene rings is 1. The van der Waals surface area contributed by atoms with Crippen LogP contribution in [0.3, 0.4) is 0 Å². The van der Waals surface area contributed by atoms with E-state index in [0.717, 1.165) is 6.42 Å². The summed E-state index contributed by atoms with van der Waals surface area (Å²) in [5.41, 5.74) is -0.0267. The standard InChI is InChI=1S/C15H18ClF2NO5/c1-3-4-24-13-9(16)5-8(6-11(13)23-2)14(20)19-10(15(21)22)7-12(17)18/h5-6,10,12H,3-4,7H2,1-2H3,(H,19,20)(H,21,22). The molecule has 0 fully saturated rings. The Hall–Kier alpha value is -2.09. The summed E-state index contributed by atoms with van der Waals surface area (Å²) in [5.74, 6) is -1.98. The Labute approximate surface area is 142 Å². The van der Waals surface area contributed by atoms with E-state index >= 15 is 0 Å². The molecule has 0 aliphatic carbocycles. The van der Waals surface area contributed by atoms with Crippen LogP contribution in [0.4, 0.5) is 8.78 Å². The number of methoxy groups -OCH3 is 1. The van der Waals surface area contributed by atoms with Crippen LogP contribution in [0.25, 0.3) is 0 Å². The Bertz CT molecular complexity index is 597. The smallest absolute Gasteiger partial charge is 0.326 e. The number of hydrogen-bond donors (Lipinski definition) is 2. The van der Waals surface area contributed by atoms with Gasteiger partial charge in [0.05, 0.1) is 18.7 Å². The van der Waals surface area contributed by atoms with Crippen LogP contribution in [0.15, 0.2) is 12.1 Å². The molecule has 1 atom stereocenters. The third-order valence-electron chi connectivity index (χ3n) is 2.96. The molecule has 0 saturated heterocycles. The van der Waals surface area contributed by atoms with Crippen molar-refractivity contribution in [1.29, 1.82) is 0 Å². The van der Waals surface area contributed by atoms with Crippen molar-refractivity contribution in [3.8, 4) is 11.5 Å². The number of alkyl halides is 2. The molecule has 1 amide bonds. The lowest BCUT2D eigenvalue weighted by Gasteiger charge is -2.16. The van der Waals surface area contributed by atoms with Crippen molar-refractivity contribution in [3.63, 3.8) is 0 Å². The van der Waals surface area contributed by atoms with Crippen LogP contribution in [-0.4, -0.2) is 43.2 Å². The molecule has 0 radical (unpaired) electrons. The number of halogens is 3. The highest BCUT2D eigenvalue weighted by molar-refractivity contribution is 6.32. The monoisotopic (exact) mass is 365 g/mol. The second-order valence-corrected chi connectivity index (χ2v) is 5.24. The maximum Gasteiger partial charge on any atom is 0.326 e. The molecule has 0 heterocycles. The fourth-order valence-electron chi connectivity index (χ4n) is 1.84. The molecule has 1 rings (SSSR count). The second kappa shape index (κ2) is 9.27. The van der Waals surface area contributed by atoms with E-state index in [0.29, 0.717) is 6.61 Å². The molecular formula is C15H18ClF2NO5. The Morgan fingerprint density at radius 1 is 1.38 bits per heavy atom. The first-order valence-electron chi connectivity index (χ1n) is 7.12. The normalized spacial score (nSPS) is 11.9. The topological polar surface area (TPSA) is 84.9 Å². The first kappa shape index (κ1) is 20.0. The van der Waals surface area contributed by atoms with Crippen molar-refractivity contribution >= 4 is 23.5 Å². The zero-order valence-electron chi connectivity index (χ0n) is 13.1. The van der Waals surface area contributed by atoms with Crippen molar-refractivity contribution in [3.05, 3.63) is 22.7 Å². The molecular weight excluding hydrogens is 348 g/mol. The highest BCUT2D eigenvalue weighted by Crippen LogP contribution is 2.36. The molecule has 0 saturated carbocycles. The number of ether oxygens (including phenoxy) is 2. The Kier molecular flexibility index (Phi) is 7.70. The summed E-state index contributed by atoms with van der Waals surface area (Å²) < 4.78 is 35.3. The van der Waals surface area contributed by atoms with Gasteiger partial charge >= 0.3 is 5.97 Å². The van der Waals surface area contributed by atoms with E-state index in [4.69, 9.17) is 26.2 Å². The zero-order chi connectivity index (χ0) is 18.3. The summed E-state index contributed by atoms with van der Waals surface area (Å²) in [6, 6.07) is 0.845. The molecule has 1 aromatic rings.